The summed E-state index contributed by atoms with van der Waals surface area (Å²) in [6, 6.07) is 0. The first-order valence-corrected chi connectivity index (χ1v) is 7.30. The minimum absolute atomic E-state index is 0.0000926. The van der Waals surface area contributed by atoms with Crippen molar-refractivity contribution in [2.75, 3.05) is 0 Å². The molecule has 0 aromatic carbocycles. The van der Waals surface area contributed by atoms with Crippen LogP contribution in [0.4, 0.5) is 0 Å². The molecule has 1 aliphatic rings. The van der Waals surface area contributed by atoms with Gasteiger partial charge in [-0.1, -0.05) is 39.5 Å². The van der Waals surface area contributed by atoms with Crippen LogP contribution in [0.5, 0.6) is 0 Å². The van der Waals surface area contributed by atoms with Crippen LogP contribution in [0.1, 0.15) is 71.6 Å². The molecule has 1 fully saturated rings. The Morgan fingerprint density at radius 2 is 2.06 bits per heavy atom. The van der Waals surface area contributed by atoms with Crippen LogP contribution >= 0.6 is 0 Å². The summed E-state index contributed by atoms with van der Waals surface area (Å²) in [6.07, 6.45) is 7.60. The van der Waals surface area contributed by atoms with Gasteiger partial charge in [0.25, 0.3) is 0 Å². The zero-order chi connectivity index (χ0) is 13.6. The molecule has 18 heavy (non-hydrogen) atoms. The molecule has 0 bridgehead atoms. The Bertz CT molecular complexity index is 298. The monoisotopic (exact) mass is 254 g/mol. The Balaban J connectivity index is 2.77. The van der Waals surface area contributed by atoms with Gasteiger partial charge in [-0.2, -0.15) is 0 Å². The third-order valence-electron chi connectivity index (χ3n) is 4.34. The number of carboxylic acids is 1. The maximum absolute atomic E-state index is 12.0. The van der Waals surface area contributed by atoms with Crippen molar-refractivity contribution in [1.29, 1.82) is 0 Å². The van der Waals surface area contributed by atoms with Crippen molar-refractivity contribution in [1.82, 2.24) is 0 Å². The van der Waals surface area contributed by atoms with E-state index >= 15 is 0 Å². The van der Waals surface area contributed by atoms with Crippen LogP contribution < -0.4 is 0 Å². The van der Waals surface area contributed by atoms with Gasteiger partial charge in [-0.15, -0.1) is 0 Å². The molecule has 1 rings (SSSR count). The third-order valence-corrected chi connectivity index (χ3v) is 4.34. The summed E-state index contributed by atoms with van der Waals surface area (Å²) in [7, 11) is 0. The van der Waals surface area contributed by atoms with Gasteiger partial charge in [0, 0.05) is 12.3 Å². The van der Waals surface area contributed by atoms with Crippen LogP contribution in [0, 0.1) is 11.3 Å². The number of carbonyl (C=O) groups is 2. The molecule has 104 valence electrons. The largest absolute Gasteiger partial charge is 0.481 e. The zero-order valence-corrected chi connectivity index (χ0v) is 11.7. The highest BCUT2D eigenvalue weighted by molar-refractivity contribution is 5.85. The third kappa shape index (κ3) is 3.56. The van der Waals surface area contributed by atoms with Crippen LogP contribution in [-0.2, 0) is 9.59 Å². The Kier molecular flexibility index (Phi) is 5.83. The molecule has 0 aromatic heterocycles. The van der Waals surface area contributed by atoms with Crippen molar-refractivity contribution >= 4 is 11.8 Å². The van der Waals surface area contributed by atoms with Crippen molar-refractivity contribution in [2.45, 2.75) is 71.6 Å². The van der Waals surface area contributed by atoms with Gasteiger partial charge in [0.05, 0.1) is 6.42 Å². The lowest BCUT2D eigenvalue weighted by Crippen LogP contribution is -2.31. The summed E-state index contributed by atoms with van der Waals surface area (Å²) in [4.78, 5) is 23.2. The Morgan fingerprint density at radius 1 is 1.33 bits per heavy atom. The van der Waals surface area contributed by atoms with Gasteiger partial charge in [-0.3, -0.25) is 9.59 Å². The number of unbranched alkanes of at least 4 members (excludes halogenated alkanes) is 2. The first-order valence-electron chi connectivity index (χ1n) is 7.30. The van der Waals surface area contributed by atoms with E-state index in [1.54, 1.807) is 0 Å². The topological polar surface area (TPSA) is 54.4 Å². The van der Waals surface area contributed by atoms with Crippen LogP contribution in [0.15, 0.2) is 0 Å². The lowest BCUT2D eigenvalue weighted by atomic mass is 9.70. The molecule has 2 atom stereocenters. The summed E-state index contributed by atoms with van der Waals surface area (Å²) >= 11 is 0. The maximum atomic E-state index is 12.0. The van der Waals surface area contributed by atoms with E-state index in [0.717, 1.165) is 44.9 Å². The Labute approximate surface area is 110 Å². The molecule has 0 saturated heterocycles. The number of aliphatic carboxylic acids is 1. The summed E-state index contributed by atoms with van der Waals surface area (Å²) in [5, 5.41) is 9.13. The van der Waals surface area contributed by atoms with Crippen LogP contribution in [0.3, 0.4) is 0 Å². The van der Waals surface area contributed by atoms with E-state index in [1.165, 1.54) is 0 Å². The second-order valence-corrected chi connectivity index (χ2v) is 5.70. The molecule has 3 nitrogen and oxygen atoms in total. The molecule has 1 aliphatic carbocycles. The van der Waals surface area contributed by atoms with Crippen molar-refractivity contribution in [3.63, 3.8) is 0 Å². The molecule has 0 radical (unpaired) electrons. The summed E-state index contributed by atoms with van der Waals surface area (Å²) in [5.74, 6) is -0.445. The Hall–Kier alpha value is -0.860. The van der Waals surface area contributed by atoms with Crippen LogP contribution in [0.25, 0.3) is 0 Å². The van der Waals surface area contributed by atoms with Gasteiger partial charge in [0.1, 0.15) is 5.78 Å². The standard InChI is InChI=1S/C15H26O3/c1-3-5-6-7-12-13(16)8-10-15(12,9-4-2)11-14(17)18/h12H,3-11H2,1-2H3,(H,17,18). The average Bonchev–Trinajstić information content (AvgIpc) is 2.58. The van der Waals surface area contributed by atoms with E-state index in [4.69, 9.17) is 5.11 Å². The fraction of sp³-hybridized carbons (Fsp3) is 0.867. The number of hydrogen-bond acceptors (Lipinski definition) is 2. The molecule has 0 aliphatic heterocycles. The molecular formula is C15H26O3. The highest BCUT2D eigenvalue weighted by Gasteiger charge is 2.47. The molecule has 0 spiro atoms. The van der Waals surface area contributed by atoms with Gasteiger partial charge in [0.15, 0.2) is 0 Å². The molecular weight excluding hydrogens is 228 g/mol. The number of Topliss-reactive ketones (excluding diaryl/α,β-unsaturated/α-hetero) is 1. The molecule has 2 unspecified atom stereocenters. The quantitative estimate of drug-likeness (QED) is 0.670. The first-order chi connectivity index (χ1) is 8.55. The number of rotatable bonds is 8. The lowest BCUT2D eigenvalue weighted by molar-refractivity contribution is -0.141. The number of carboxylic acid groups (broad SMARTS) is 1. The van der Waals surface area contributed by atoms with Gasteiger partial charge in [-0.05, 0) is 24.7 Å². The normalized spacial score (nSPS) is 27.7. The van der Waals surface area contributed by atoms with Gasteiger partial charge >= 0.3 is 5.97 Å². The predicted molar refractivity (Wildman–Crippen MR) is 71.5 cm³/mol. The van der Waals surface area contributed by atoms with Crippen molar-refractivity contribution in [3.05, 3.63) is 0 Å². The van der Waals surface area contributed by atoms with Crippen molar-refractivity contribution in [2.24, 2.45) is 11.3 Å². The fourth-order valence-corrected chi connectivity index (χ4v) is 3.53. The van der Waals surface area contributed by atoms with Gasteiger partial charge in [-0.25, -0.2) is 0 Å². The summed E-state index contributed by atoms with van der Waals surface area (Å²) in [6.45, 7) is 4.22. The van der Waals surface area contributed by atoms with E-state index in [-0.39, 0.29) is 17.8 Å². The van der Waals surface area contributed by atoms with Crippen LogP contribution in [0.2, 0.25) is 0 Å². The fourth-order valence-electron chi connectivity index (χ4n) is 3.53. The average molecular weight is 254 g/mol. The van der Waals surface area contributed by atoms with Gasteiger partial charge < -0.3 is 5.11 Å². The molecule has 1 N–H and O–H groups in total. The molecule has 1 saturated carbocycles. The first kappa shape index (κ1) is 15.2. The number of ketones is 1. The highest BCUT2D eigenvalue weighted by atomic mass is 16.4. The second-order valence-electron chi connectivity index (χ2n) is 5.70. The van der Waals surface area contributed by atoms with E-state index in [2.05, 4.69) is 13.8 Å². The summed E-state index contributed by atoms with van der Waals surface area (Å²) in [5.41, 5.74) is -0.245. The van der Waals surface area contributed by atoms with E-state index in [9.17, 15) is 9.59 Å². The van der Waals surface area contributed by atoms with Gasteiger partial charge in [0.2, 0.25) is 0 Å². The zero-order valence-electron chi connectivity index (χ0n) is 11.7. The Morgan fingerprint density at radius 3 is 2.61 bits per heavy atom. The number of carbonyl (C=O) groups excluding carboxylic acids is 1. The smallest absolute Gasteiger partial charge is 0.303 e. The molecule has 0 heterocycles. The number of hydrogen-bond donors (Lipinski definition) is 1. The van der Waals surface area contributed by atoms with E-state index in [0.29, 0.717) is 12.2 Å². The molecule has 0 aromatic rings. The minimum Gasteiger partial charge on any atom is -0.481 e. The van der Waals surface area contributed by atoms with E-state index < -0.39 is 5.97 Å². The molecule has 0 amide bonds. The highest BCUT2D eigenvalue weighted by Crippen LogP contribution is 2.49. The van der Waals surface area contributed by atoms with Crippen LogP contribution in [-0.4, -0.2) is 16.9 Å². The predicted octanol–water partition coefficient (Wildman–Crippen LogP) is 3.81. The molecule has 3 heteroatoms. The van der Waals surface area contributed by atoms with Crippen molar-refractivity contribution in [3.8, 4) is 0 Å². The minimum atomic E-state index is -0.751. The SMILES string of the molecule is CCCCCC1C(=O)CCC1(CCC)CC(=O)O. The maximum Gasteiger partial charge on any atom is 0.303 e. The van der Waals surface area contributed by atoms with Crippen molar-refractivity contribution < 1.29 is 14.7 Å². The van der Waals surface area contributed by atoms with E-state index in [1.807, 2.05) is 0 Å². The lowest BCUT2D eigenvalue weighted by Gasteiger charge is -2.33. The summed E-state index contributed by atoms with van der Waals surface area (Å²) < 4.78 is 0. The second kappa shape index (κ2) is 6.91.